The van der Waals surface area contributed by atoms with E-state index in [4.69, 9.17) is 16.3 Å². The molecule has 0 saturated heterocycles. The van der Waals surface area contributed by atoms with E-state index in [0.29, 0.717) is 18.2 Å². The maximum atomic E-state index is 12.5. The van der Waals surface area contributed by atoms with Crippen LogP contribution in [0.15, 0.2) is 47.4 Å². The Hall–Kier alpha value is -1.56. The fourth-order valence-electron chi connectivity index (χ4n) is 2.98. The molecule has 1 unspecified atom stereocenters. The van der Waals surface area contributed by atoms with Crippen LogP contribution in [0.1, 0.15) is 30.4 Å². The van der Waals surface area contributed by atoms with Gasteiger partial charge >= 0.3 is 0 Å². The lowest BCUT2D eigenvalue weighted by atomic mass is 9.91. The first-order chi connectivity index (χ1) is 11.5. The van der Waals surface area contributed by atoms with Crippen molar-refractivity contribution >= 4 is 21.6 Å². The number of fused-ring (bicyclic) bond motifs is 1. The maximum absolute atomic E-state index is 12.5. The molecule has 1 heterocycles. The molecule has 0 spiro atoms. The van der Waals surface area contributed by atoms with E-state index < -0.39 is 10.0 Å². The van der Waals surface area contributed by atoms with Gasteiger partial charge in [-0.3, -0.25) is 0 Å². The lowest BCUT2D eigenvalue weighted by Crippen LogP contribution is -2.31. The average Bonchev–Trinajstić information content (AvgIpc) is 2.59. The minimum atomic E-state index is -3.58. The van der Waals surface area contributed by atoms with Gasteiger partial charge in [-0.15, -0.1) is 0 Å². The number of sulfonamides is 1. The Morgan fingerprint density at radius 1 is 1.25 bits per heavy atom. The smallest absolute Gasteiger partial charge is 0.240 e. The van der Waals surface area contributed by atoms with E-state index in [1.54, 1.807) is 18.2 Å². The molecule has 24 heavy (non-hydrogen) atoms. The third kappa shape index (κ3) is 3.58. The third-order valence-corrected chi connectivity index (χ3v) is 5.94. The summed E-state index contributed by atoms with van der Waals surface area (Å²) >= 11 is 5.89. The van der Waals surface area contributed by atoms with Gasteiger partial charge in [0, 0.05) is 17.5 Å². The summed E-state index contributed by atoms with van der Waals surface area (Å²) in [5.74, 6) is 1.02. The first kappa shape index (κ1) is 17.3. The van der Waals surface area contributed by atoms with Gasteiger partial charge in [0.2, 0.25) is 10.0 Å². The molecule has 3 rings (SSSR count). The second-order valence-electron chi connectivity index (χ2n) is 5.83. The molecule has 4 nitrogen and oxygen atoms in total. The van der Waals surface area contributed by atoms with Gasteiger partial charge < -0.3 is 4.74 Å². The first-order valence-electron chi connectivity index (χ1n) is 8.01. The highest BCUT2D eigenvalue weighted by Crippen LogP contribution is 2.36. The Balaban J connectivity index is 1.79. The summed E-state index contributed by atoms with van der Waals surface area (Å²) in [5, 5.41) is 0.405. The van der Waals surface area contributed by atoms with Crippen LogP contribution in [0, 0.1) is 0 Å². The van der Waals surface area contributed by atoms with Gasteiger partial charge in [0.1, 0.15) is 5.75 Å². The lowest BCUT2D eigenvalue weighted by molar-refractivity contribution is 0.264. The normalized spacial score (nSPS) is 17.2. The summed E-state index contributed by atoms with van der Waals surface area (Å²) in [5.41, 5.74) is 2.24. The van der Waals surface area contributed by atoms with E-state index in [1.165, 1.54) is 6.07 Å². The molecular weight excluding hydrogens is 346 g/mol. The number of nitrogens with one attached hydrogen (secondary N) is 1. The van der Waals surface area contributed by atoms with Crippen LogP contribution >= 0.6 is 11.6 Å². The lowest BCUT2D eigenvalue weighted by Gasteiger charge is -2.27. The number of hydrogen-bond donors (Lipinski definition) is 1. The zero-order valence-corrected chi connectivity index (χ0v) is 15.0. The Kier molecular flexibility index (Phi) is 5.13. The SMILES string of the molecule is CCc1cccc2c1OCCC2CNS(=O)(=O)c1cccc(Cl)c1. The van der Waals surface area contributed by atoms with Crippen LogP contribution < -0.4 is 9.46 Å². The number of rotatable bonds is 5. The van der Waals surface area contributed by atoms with Gasteiger partial charge in [-0.2, -0.15) is 0 Å². The molecule has 0 bridgehead atoms. The van der Waals surface area contributed by atoms with Crippen LogP contribution in [-0.4, -0.2) is 21.6 Å². The first-order valence-corrected chi connectivity index (χ1v) is 9.87. The minimum Gasteiger partial charge on any atom is -0.493 e. The largest absolute Gasteiger partial charge is 0.493 e. The zero-order chi connectivity index (χ0) is 17.2. The van der Waals surface area contributed by atoms with Crippen molar-refractivity contribution in [3.8, 4) is 5.75 Å². The Morgan fingerprint density at radius 3 is 2.79 bits per heavy atom. The fraction of sp³-hybridized carbons (Fsp3) is 0.333. The van der Waals surface area contributed by atoms with E-state index in [2.05, 4.69) is 17.7 Å². The van der Waals surface area contributed by atoms with Crippen LogP contribution in [0.4, 0.5) is 0 Å². The van der Waals surface area contributed by atoms with Crippen LogP contribution in [0.3, 0.4) is 0 Å². The highest BCUT2D eigenvalue weighted by molar-refractivity contribution is 7.89. The predicted octanol–water partition coefficient (Wildman–Crippen LogP) is 3.75. The van der Waals surface area contributed by atoms with Crippen molar-refractivity contribution in [2.75, 3.05) is 13.2 Å². The number of para-hydroxylation sites is 1. The number of halogens is 1. The van der Waals surface area contributed by atoms with Gasteiger partial charge in [0.05, 0.1) is 11.5 Å². The van der Waals surface area contributed by atoms with Crippen LogP contribution in [0.2, 0.25) is 5.02 Å². The average molecular weight is 366 g/mol. The number of hydrogen-bond acceptors (Lipinski definition) is 3. The molecule has 6 heteroatoms. The summed E-state index contributed by atoms with van der Waals surface area (Å²) in [6, 6.07) is 12.4. The molecule has 0 amide bonds. The van der Waals surface area contributed by atoms with Crippen molar-refractivity contribution in [3.05, 3.63) is 58.6 Å². The highest BCUT2D eigenvalue weighted by atomic mass is 35.5. The molecule has 1 aliphatic rings. The predicted molar refractivity (Wildman–Crippen MR) is 95.3 cm³/mol. The number of benzene rings is 2. The third-order valence-electron chi connectivity index (χ3n) is 4.29. The maximum Gasteiger partial charge on any atom is 0.240 e. The van der Waals surface area contributed by atoms with Crippen LogP contribution in [0.25, 0.3) is 0 Å². The standard InChI is InChI=1S/C18H20ClNO3S/c1-2-13-5-3-8-17-14(9-10-23-18(13)17)12-20-24(21,22)16-7-4-6-15(19)11-16/h3-8,11,14,20H,2,9-10,12H2,1H3. The van der Waals surface area contributed by atoms with E-state index in [-0.39, 0.29) is 10.8 Å². The second-order valence-corrected chi connectivity index (χ2v) is 8.04. The van der Waals surface area contributed by atoms with E-state index in [0.717, 1.165) is 29.7 Å². The molecule has 128 valence electrons. The van der Waals surface area contributed by atoms with E-state index in [9.17, 15) is 8.42 Å². The van der Waals surface area contributed by atoms with Gasteiger partial charge in [0.25, 0.3) is 0 Å². The van der Waals surface area contributed by atoms with Crippen molar-refractivity contribution in [3.63, 3.8) is 0 Å². The molecule has 1 atom stereocenters. The monoisotopic (exact) mass is 365 g/mol. The summed E-state index contributed by atoms with van der Waals surface area (Å²) in [6.45, 7) is 3.04. The molecule has 2 aromatic carbocycles. The van der Waals surface area contributed by atoms with Crippen molar-refractivity contribution in [2.45, 2.75) is 30.6 Å². The molecule has 0 radical (unpaired) electrons. The minimum absolute atomic E-state index is 0.106. The zero-order valence-electron chi connectivity index (χ0n) is 13.5. The van der Waals surface area contributed by atoms with Crippen molar-refractivity contribution in [1.82, 2.24) is 4.72 Å². The van der Waals surface area contributed by atoms with Crippen molar-refractivity contribution in [1.29, 1.82) is 0 Å². The molecule has 1 N–H and O–H groups in total. The molecule has 0 saturated carbocycles. The number of aryl methyl sites for hydroxylation is 1. The molecule has 0 aliphatic carbocycles. The second kappa shape index (κ2) is 7.13. The Morgan fingerprint density at radius 2 is 2.04 bits per heavy atom. The summed E-state index contributed by atoms with van der Waals surface area (Å²) in [4.78, 5) is 0.185. The van der Waals surface area contributed by atoms with E-state index >= 15 is 0 Å². The Labute approximate surface area is 147 Å². The molecule has 0 aromatic heterocycles. The van der Waals surface area contributed by atoms with Crippen LogP contribution in [-0.2, 0) is 16.4 Å². The van der Waals surface area contributed by atoms with Gasteiger partial charge in [-0.05, 0) is 42.2 Å². The molecule has 2 aromatic rings. The molecule has 0 fully saturated rings. The van der Waals surface area contributed by atoms with Gasteiger partial charge in [-0.25, -0.2) is 13.1 Å². The number of ether oxygens (including phenoxy) is 1. The molecule has 1 aliphatic heterocycles. The van der Waals surface area contributed by atoms with Crippen molar-refractivity contribution < 1.29 is 13.2 Å². The van der Waals surface area contributed by atoms with Gasteiger partial charge in [-0.1, -0.05) is 42.8 Å². The molecular formula is C18H20ClNO3S. The van der Waals surface area contributed by atoms with Crippen molar-refractivity contribution in [2.24, 2.45) is 0 Å². The Bertz CT molecular complexity index is 836. The van der Waals surface area contributed by atoms with E-state index in [1.807, 2.05) is 12.1 Å². The fourth-order valence-corrected chi connectivity index (χ4v) is 4.36. The van der Waals surface area contributed by atoms with Crippen LogP contribution in [0.5, 0.6) is 5.75 Å². The highest BCUT2D eigenvalue weighted by Gasteiger charge is 2.25. The summed E-state index contributed by atoms with van der Waals surface area (Å²) < 4.78 is 33.4. The quantitative estimate of drug-likeness (QED) is 0.878. The summed E-state index contributed by atoms with van der Waals surface area (Å²) in [6.07, 6.45) is 1.68. The topological polar surface area (TPSA) is 55.4 Å². The summed E-state index contributed by atoms with van der Waals surface area (Å²) in [7, 11) is -3.58. The van der Waals surface area contributed by atoms with Gasteiger partial charge in [0.15, 0.2) is 0 Å².